The molecule has 0 radical (unpaired) electrons. The van der Waals surface area contributed by atoms with Crippen molar-refractivity contribution in [1.29, 1.82) is 0 Å². The first-order valence-corrected chi connectivity index (χ1v) is 11.3. The Morgan fingerprint density at radius 2 is 1.88 bits per heavy atom. The summed E-state index contributed by atoms with van der Waals surface area (Å²) in [7, 11) is 0. The van der Waals surface area contributed by atoms with Crippen LogP contribution in [0.5, 0.6) is 0 Å². The number of carbonyl (C=O) groups is 4. The molecule has 0 aliphatic carbocycles. The highest BCUT2D eigenvalue weighted by atomic mass is 16.5. The van der Waals surface area contributed by atoms with Crippen molar-refractivity contribution in [3.05, 3.63) is 35.9 Å². The van der Waals surface area contributed by atoms with E-state index in [1.165, 1.54) is 0 Å². The Bertz CT molecular complexity index is 765. The zero-order valence-electron chi connectivity index (χ0n) is 18.9. The molecule has 1 aromatic carbocycles. The number of ketones is 2. The molecule has 2 atom stereocenters. The van der Waals surface area contributed by atoms with E-state index in [4.69, 9.17) is 9.47 Å². The van der Waals surface area contributed by atoms with Crippen molar-refractivity contribution in [2.45, 2.75) is 58.6 Å². The van der Waals surface area contributed by atoms with Gasteiger partial charge in [0.15, 0.2) is 5.78 Å². The third-order valence-corrected chi connectivity index (χ3v) is 5.40. The van der Waals surface area contributed by atoms with Crippen molar-refractivity contribution in [1.82, 2.24) is 10.6 Å². The molecule has 8 nitrogen and oxygen atoms in total. The molecule has 1 saturated heterocycles. The van der Waals surface area contributed by atoms with Gasteiger partial charge in [-0.15, -0.1) is 0 Å². The lowest BCUT2D eigenvalue weighted by Gasteiger charge is -2.23. The molecule has 8 heteroatoms. The second-order valence-electron chi connectivity index (χ2n) is 8.38. The predicted octanol–water partition coefficient (Wildman–Crippen LogP) is 2.79. The fourth-order valence-corrected chi connectivity index (χ4v) is 3.51. The van der Waals surface area contributed by atoms with E-state index in [0.717, 1.165) is 24.8 Å². The zero-order valence-corrected chi connectivity index (χ0v) is 18.9. The number of amides is 2. The van der Waals surface area contributed by atoms with Gasteiger partial charge in [-0.1, -0.05) is 44.2 Å². The number of benzene rings is 1. The van der Waals surface area contributed by atoms with Crippen LogP contribution in [0.25, 0.3) is 0 Å². The van der Waals surface area contributed by atoms with Crippen LogP contribution < -0.4 is 10.6 Å². The molecule has 0 saturated carbocycles. The highest BCUT2D eigenvalue weighted by Gasteiger charge is 2.32. The molecule has 176 valence electrons. The van der Waals surface area contributed by atoms with E-state index in [1.807, 2.05) is 30.3 Å². The van der Waals surface area contributed by atoms with Gasteiger partial charge in [-0.05, 0) is 37.2 Å². The maximum absolute atomic E-state index is 13.0. The van der Waals surface area contributed by atoms with Gasteiger partial charge < -0.3 is 20.1 Å². The minimum Gasteiger partial charge on any atom is -0.445 e. The van der Waals surface area contributed by atoms with Crippen LogP contribution >= 0.6 is 0 Å². The van der Waals surface area contributed by atoms with Crippen LogP contribution in [0.3, 0.4) is 0 Å². The number of carbonyl (C=O) groups excluding carboxylic acids is 4. The maximum Gasteiger partial charge on any atom is 0.408 e. The molecule has 2 unspecified atom stereocenters. The molecule has 2 amide bonds. The van der Waals surface area contributed by atoms with Crippen LogP contribution in [0.4, 0.5) is 4.79 Å². The molecule has 1 aliphatic rings. The van der Waals surface area contributed by atoms with E-state index in [-0.39, 0.29) is 31.1 Å². The molecule has 2 N–H and O–H groups in total. The van der Waals surface area contributed by atoms with Gasteiger partial charge in [0.2, 0.25) is 5.78 Å². The summed E-state index contributed by atoms with van der Waals surface area (Å²) in [5.74, 6) is -2.59. The quantitative estimate of drug-likeness (QED) is 0.623. The van der Waals surface area contributed by atoms with E-state index in [2.05, 4.69) is 10.6 Å². The summed E-state index contributed by atoms with van der Waals surface area (Å²) in [6.07, 6.45) is 2.01. The van der Waals surface area contributed by atoms with Gasteiger partial charge in [-0.2, -0.15) is 0 Å². The van der Waals surface area contributed by atoms with Gasteiger partial charge in [-0.3, -0.25) is 14.4 Å². The Morgan fingerprint density at radius 1 is 1.12 bits per heavy atom. The molecule has 2 rings (SSSR count). The summed E-state index contributed by atoms with van der Waals surface area (Å²) < 4.78 is 10.8. The molecule has 0 bridgehead atoms. The van der Waals surface area contributed by atoms with Gasteiger partial charge >= 0.3 is 6.09 Å². The molecule has 1 aromatic rings. The van der Waals surface area contributed by atoms with Gasteiger partial charge in [0.1, 0.15) is 6.61 Å². The SMILES string of the molecule is CC(C)C(NC(=O)OCc1ccccc1)C(=O)CC1CCOCCCCCNC(=O)C1=O. The number of rotatable bonds is 7. The smallest absolute Gasteiger partial charge is 0.408 e. The molecule has 1 heterocycles. The first kappa shape index (κ1) is 25.5. The fraction of sp³-hybridized carbons (Fsp3) is 0.583. The van der Waals surface area contributed by atoms with Crippen LogP contribution in [0.1, 0.15) is 51.5 Å². The summed E-state index contributed by atoms with van der Waals surface area (Å²) in [4.78, 5) is 50.1. The van der Waals surface area contributed by atoms with Crippen molar-refractivity contribution in [3.8, 4) is 0 Å². The summed E-state index contributed by atoms with van der Waals surface area (Å²) in [5, 5.41) is 5.26. The molecule has 32 heavy (non-hydrogen) atoms. The first-order valence-electron chi connectivity index (χ1n) is 11.3. The maximum atomic E-state index is 13.0. The largest absolute Gasteiger partial charge is 0.445 e. The minimum atomic E-state index is -0.823. The molecular formula is C24H34N2O6. The average molecular weight is 447 g/mol. The van der Waals surface area contributed by atoms with Gasteiger partial charge in [-0.25, -0.2) is 4.79 Å². The lowest BCUT2D eigenvalue weighted by Crippen LogP contribution is -2.46. The fourth-order valence-electron chi connectivity index (χ4n) is 3.51. The number of hydrogen-bond donors (Lipinski definition) is 2. The number of hydrogen-bond acceptors (Lipinski definition) is 6. The van der Waals surface area contributed by atoms with Crippen molar-refractivity contribution in [3.63, 3.8) is 0 Å². The number of ether oxygens (including phenoxy) is 2. The highest BCUT2D eigenvalue weighted by molar-refractivity contribution is 6.37. The first-order chi connectivity index (χ1) is 15.4. The minimum absolute atomic E-state index is 0.0876. The predicted molar refractivity (Wildman–Crippen MR) is 119 cm³/mol. The third-order valence-electron chi connectivity index (χ3n) is 5.40. The molecule has 0 aromatic heterocycles. The number of nitrogens with one attached hydrogen (secondary N) is 2. The van der Waals surface area contributed by atoms with E-state index < -0.39 is 29.7 Å². The van der Waals surface area contributed by atoms with E-state index in [0.29, 0.717) is 19.8 Å². The Kier molecular flexibility index (Phi) is 10.9. The molecule has 1 aliphatic heterocycles. The summed E-state index contributed by atoms with van der Waals surface area (Å²) >= 11 is 0. The van der Waals surface area contributed by atoms with E-state index >= 15 is 0 Å². The normalized spacial score (nSPS) is 19.3. The lowest BCUT2D eigenvalue weighted by molar-refractivity contribution is -0.141. The lowest BCUT2D eigenvalue weighted by atomic mass is 9.88. The van der Waals surface area contributed by atoms with Crippen molar-refractivity contribution >= 4 is 23.6 Å². The molecule has 1 fully saturated rings. The molecule has 0 spiro atoms. The number of Topliss-reactive ketones (excluding diaryl/α,β-unsaturated/α-hetero) is 2. The average Bonchev–Trinajstić information content (AvgIpc) is 2.78. The van der Waals surface area contributed by atoms with Crippen LogP contribution in [0.2, 0.25) is 0 Å². The summed E-state index contributed by atoms with van der Waals surface area (Å²) in [6.45, 7) is 5.01. The van der Waals surface area contributed by atoms with Crippen molar-refractivity contribution < 1.29 is 28.7 Å². The Balaban J connectivity index is 1.97. The van der Waals surface area contributed by atoms with Crippen LogP contribution in [0.15, 0.2) is 30.3 Å². The Morgan fingerprint density at radius 3 is 2.59 bits per heavy atom. The summed E-state index contributed by atoms with van der Waals surface area (Å²) in [5.41, 5.74) is 0.833. The van der Waals surface area contributed by atoms with Gasteiger partial charge in [0.25, 0.3) is 5.91 Å². The van der Waals surface area contributed by atoms with Gasteiger partial charge in [0.05, 0.1) is 6.04 Å². The zero-order chi connectivity index (χ0) is 23.3. The topological polar surface area (TPSA) is 111 Å². The Hall–Kier alpha value is -2.74. The second kappa shape index (κ2) is 13.6. The third kappa shape index (κ3) is 8.78. The van der Waals surface area contributed by atoms with Gasteiger partial charge in [0, 0.05) is 32.1 Å². The Labute approximate surface area is 189 Å². The van der Waals surface area contributed by atoms with Crippen molar-refractivity contribution in [2.24, 2.45) is 11.8 Å². The second-order valence-corrected chi connectivity index (χ2v) is 8.38. The molecular weight excluding hydrogens is 412 g/mol. The van der Waals surface area contributed by atoms with E-state index in [9.17, 15) is 19.2 Å². The number of alkyl carbamates (subject to hydrolysis) is 1. The van der Waals surface area contributed by atoms with E-state index in [1.54, 1.807) is 13.8 Å². The summed E-state index contributed by atoms with van der Waals surface area (Å²) in [6, 6.07) is 8.40. The van der Waals surface area contributed by atoms with Crippen molar-refractivity contribution in [2.75, 3.05) is 19.8 Å². The highest BCUT2D eigenvalue weighted by Crippen LogP contribution is 2.17. The van der Waals surface area contributed by atoms with Crippen LogP contribution in [-0.4, -0.2) is 49.4 Å². The van der Waals surface area contributed by atoms with Crippen LogP contribution in [-0.2, 0) is 30.5 Å². The monoisotopic (exact) mass is 446 g/mol. The standard InChI is InChI=1S/C24H34N2O6/c1-17(2)21(26-24(30)32-16-18-9-5-3-6-10-18)20(27)15-19-11-14-31-13-8-4-7-12-25-23(29)22(19)28/h3,5-6,9-10,17,19,21H,4,7-8,11-16H2,1-2H3,(H,25,29)(H,26,30). The van der Waals surface area contributed by atoms with Crippen LogP contribution in [0, 0.1) is 11.8 Å².